The van der Waals surface area contributed by atoms with Gasteiger partial charge >= 0.3 is 5.97 Å². The SMILES string of the molecule is COC(=O)C=C1CCC(OC)CC1. The Bertz CT molecular complexity index is 198. The van der Waals surface area contributed by atoms with Crippen molar-refractivity contribution in [2.75, 3.05) is 14.2 Å². The fourth-order valence-electron chi connectivity index (χ4n) is 1.57. The molecule has 1 fully saturated rings. The first-order valence-electron chi connectivity index (χ1n) is 4.56. The molecule has 1 saturated carbocycles. The molecule has 0 saturated heterocycles. The molecule has 0 radical (unpaired) electrons. The van der Waals surface area contributed by atoms with Gasteiger partial charge in [-0.25, -0.2) is 4.79 Å². The van der Waals surface area contributed by atoms with Gasteiger partial charge in [0.1, 0.15) is 0 Å². The predicted octanol–water partition coefficient (Wildman–Crippen LogP) is 1.67. The molecule has 1 aliphatic carbocycles. The van der Waals surface area contributed by atoms with Crippen molar-refractivity contribution in [3.63, 3.8) is 0 Å². The van der Waals surface area contributed by atoms with E-state index < -0.39 is 0 Å². The van der Waals surface area contributed by atoms with Gasteiger partial charge in [0.15, 0.2) is 0 Å². The van der Waals surface area contributed by atoms with E-state index in [1.807, 2.05) is 0 Å². The molecule has 0 N–H and O–H groups in total. The minimum absolute atomic E-state index is 0.245. The number of carbonyl (C=O) groups excluding carboxylic acids is 1. The van der Waals surface area contributed by atoms with Crippen LogP contribution in [-0.2, 0) is 14.3 Å². The average Bonchev–Trinajstić information content (AvgIpc) is 2.19. The smallest absolute Gasteiger partial charge is 0.330 e. The monoisotopic (exact) mass is 184 g/mol. The third-order valence-corrected chi connectivity index (χ3v) is 2.43. The first-order valence-corrected chi connectivity index (χ1v) is 4.56. The number of hydrogen-bond acceptors (Lipinski definition) is 3. The summed E-state index contributed by atoms with van der Waals surface area (Å²) in [6.07, 6.45) is 5.90. The molecule has 0 spiro atoms. The van der Waals surface area contributed by atoms with Crippen LogP contribution in [0, 0.1) is 0 Å². The summed E-state index contributed by atoms with van der Waals surface area (Å²) in [5.41, 5.74) is 1.18. The average molecular weight is 184 g/mol. The third kappa shape index (κ3) is 3.19. The Balaban J connectivity index is 2.40. The molecule has 0 bridgehead atoms. The molecule has 0 aliphatic heterocycles. The summed E-state index contributed by atoms with van der Waals surface area (Å²) in [7, 11) is 3.14. The third-order valence-electron chi connectivity index (χ3n) is 2.43. The standard InChI is InChI=1S/C10H16O3/c1-12-9-5-3-8(4-6-9)7-10(11)13-2/h7,9H,3-6H2,1-2H3. The maximum atomic E-state index is 10.9. The van der Waals surface area contributed by atoms with E-state index in [0.717, 1.165) is 25.7 Å². The number of rotatable bonds is 2. The summed E-state index contributed by atoms with van der Waals surface area (Å²) in [5.74, 6) is -0.245. The van der Waals surface area contributed by atoms with E-state index in [-0.39, 0.29) is 5.97 Å². The lowest BCUT2D eigenvalue weighted by Gasteiger charge is -2.22. The fourth-order valence-corrected chi connectivity index (χ4v) is 1.57. The van der Waals surface area contributed by atoms with Crippen molar-refractivity contribution in [2.45, 2.75) is 31.8 Å². The molecular weight excluding hydrogens is 168 g/mol. The Labute approximate surface area is 78.7 Å². The summed E-state index contributed by atoms with van der Waals surface area (Å²) >= 11 is 0. The van der Waals surface area contributed by atoms with Gasteiger partial charge in [-0.05, 0) is 25.7 Å². The van der Waals surface area contributed by atoms with Gasteiger partial charge < -0.3 is 9.47 Å². The topological polar surface area (TPSA) is 35.5 Å². The highest BCUT2D eigenvalue weighted by atomic mass is 16.5. The molecular formula is C10H16O3. The van der Waals surface area contributed by atoms with Crippen LogP contribution in [0.1, 0.15) is 25.7 Å². The molecule has 13 heavy (non-hydrogen) atoms. The van der Waals surface area contributed by atoms with E-state index in [4.69, 9.17) is 4.74 Å². The van der Waals surface area contributed by atoms with Crippen LogP contribution in [0.2, 0.25) is 0 Å². The van der Waals surface area contributed by atoms with Crippen LogP contribution in [0.15, 0.2) is 11.6 Å². The summed E-state index contributed by atoms with van der Waals surface area (Å²) in [6, 6.07) is 0. The quantitative estimate of drug-likeness (QED) is 0.484. The van der Waals surface area contributed by atoms with E-state index >= 15 is 0 Å². The number of hydrogen-bond donors (Lipinski definition) is 0. The Morgan fingerprint density at radius 2 is 2.00 bits per heavy atom. The van der Waals surface area contributed by atoms with Crippen molar-refractivity contribution in [3.8, 4) is 0 Å². The molecule has 1 aliphatic rings. The van der Waals surface area contributed by atoms with E-state index in [2.05, 4.69) is 4.74 Å². The normalized spacial score (nSPS) is 22.6. The first-order chi connectivity index (χ1) is 6.26. The van der Waals surface area contributed by atoms with Gasteiger partial charge in [-0.1, -0.05) is 5.57 Å². The molecule has 0 aromatic heterocycles. The van der Waals surface area contributed by atoms with Crippen LogP contribution in [0.4, 0.5) is 0 Å². The minimum atomic E-state index is -0.245. The molecule has 0 aromatic rings. The van der Waals surface area contributed by atoms with Crippen LogP contribution >= 0.6 is 0 Å². The number of ether oxygens (including phenoxy) is 2. The second kappa shape index (κ2) is 5.02. The summed E-state index contributed by atoms with van der Waals surface area (Å²) in [6.45, 7) is 0. The number of esters is 1. The van der Waals surface area contributed by atoms with Gasteiger partial charge in [-0.2, -0.15) is 0 Å². The van der Waals surface area contributed by atoms with Gasteiger partial charge in [-0.3, -0.25) is 0 Å². The highest BCUT2D eigenvalue weighted by molar-refractivity contribution is 5.82. The highest BCUT2D eigenvalue weighted by Gasteiger charge is 2.16. The zero-order valence-electron chi connectivity index (χ0n) is 8.21. The minimum Gasteiger partial charge on any atom is -0.466 e. The van der Waals surface area contributed by atoms with E-state index in [1.54, 1.807) is 13.2 Å². The summed E-state index contributed by atoms with van der Waals surface area (Å²) < 4.78 is 9.79. The molecule has 1 rings (SSSR count). The largest absolute Gasteiger partial charge is 0.466 e. The highest BCUT2D eigenvalue weighted by Crippen LogP contribution is 2.24. The van der Waals surface area contributed by atoms with Crippen LogP contribution in [0.3, 0.4) is 0 Å². The molecule has 0 amide bonds. The van der Waals surface area contributed by atoms with Gasteiger partial charge in [0.25, 0.3) is 0 Å². The number of allylic oxidation sites excluding steroid dienone is 1. The van der Waals surface area contributed by atoms with Crippen LogP contribution in [0.5, 0.6) is 0 Å². The molecule has 0 atom stereocenters. The molecule has 0 heterocycles. The molecule has 0 aromatic carbocycles. The Morgan fingerprint density at radius 3 is 2.46 bits per heavy atom. The van der Waals surface area contributed by atoms with Gasteiger partial charge in [0.2, 0.25) is 0 Å². The maximum Gasteiger partial charge on any atom is 0.330 e. The Hall–Kier alpha value is -0.830. The second-order valence-electron chi connectivity index (χ2n) is 3.26. The van der Waals surface area contributed by atoms with Gasteiger partial charge in [-0.15, -0.1) is 0 Å². The van der Waals surface area contributed by atoms with E-state index in [1.165, 1.54) is 12.7 Å². The Morgan fingerprint density at radius 1 is 1.38 bits per heavy atom. The summed E-state index contributed by atoms with van der Waals surface area (Å²) in [4.78, 5) is 10.9. The fraction of sp³-hybridized carbons (Fsp3) is 0.700. The van der Waals surface area contributed by atoms with Crippen molar-refractivity contribution in [2.24, 2.45) is 0 Å². The lowest BCUT2D eigenvalue weighted by atomic mass is 9.92. The molecule has 74 valence electrons. The zero-order chi connectivity index (χ0) is 9.68. The van der Waals surface area contributed by atoms with Crippen molar-refractivity contribution in [3.05, 3.63) is 11.6 Å². The lowest BCUT2D eigenvalue weighted by Crippen LogP contribution is -2.16. The molecule has 3 nitrogen and oxygen atoms in total. The van der Waals surface area contributed by atoms with Gasteiger partial charge in [0, 0.05) is 13.2 Å². The molecule has 3 heteroatoms. The zero-order valence-corrected chi connectivity index (χ0v) is 8.21. The van der Waals surface area contributed by atoms with Crippen molar-refractivity contribution < 1.29 is 14.3 Å². The van der Waals surface area contributed by atoms with Gasteiger partial charge in [0.05, 0.1) is 13.2 Å². The van der Waals surface area contributed by atoms with Crippen LogP contribution < -0.4 is 0 Å². The predicted molar refractivity (Wildman–Crippen MR) is 49.4 cm³/mol. The lowest BCUT2D eigenvalue weighted by molar-refractivity contribution is -0.134. The van der Waals surface area contributed by atoms with E-state index in [0.29, 0.717) is 6.10 Å². The van der Waals surface area contributed by atoms with Crippen molar-refractivity contribution in [1.82, 2.24) is 0 Å². The van der Waals surface area contributed by atoms with Crippen molar-refractivity contribution in [1.29, 1.82) is 0 Å². The Kier molecular flexibility index (Phi) is 3.96. The summed E-state index contributed by atoms with van der Waals surface area (Å²) in [5, 5.41) is 0. The van der Waals surface area contributed by atoms with E-state index in [9.17, 15) is 4.79 Å². The number of methoxy groups -OCH3 is 2. The maximum absolute atomic E-state index is 10.9. The molecule has 0 unspecified atom stereocenters. The van der Waals surface area contributed by atoms with Crippen LogP contribution in [-0.4, -0.2) is 26.3 Å². The van der Waals surface area contributed by atoms with Crippen molar-refractivity contribution >= 4 is 5.97 Å². The number of carbonyl (C=O) groups is 1. The van der Waals surface area contributed by atoms with Crippen LogP contribution in [0.25, 0.3) is 0 Å². The first kappa shape index (κ1) is 10.3. The second-order valence-corrected chi connectivity index (χ2v) is 3.26.